The lowest BCUT2D eigenvalue weighted by Crippen LogP contribution is -2.08. The zero-order valence-electron chi connectivity index (χ0n) is 12.6. The number of halogens is 1. The quantitative estimate of drug-likeness (QED) is 0.869. The number of aromatic nitrogens is 2. The summed E-state index contributed by atoms with van der Waals surface area (Å²) >= 11 is 0. The van der Waals surface area contributed by atoms with Crippen molar-refractivity contribution < 1.29 is 9.13 Å². The third kappa shape index (κ3) is 3.90. The van der Waals surface area contributed by atoms with E-state index in [4.69, 9.17) is 4.74 Å². The summed E-state index contributed by atoms with van der Waals surface area (Å²) in [6.07, 6.45) is 1.73. The van der Waals surface area contributed by atoms with Crippen LogP contribution in [0.3, 0.4) is 0 Å². The van der Waals surface area contributed by atoms with Crippen molar-refractivity contribution in [3.8, 4) is 11.6 Å². The lowest BCUT2D eigenvalue weighted by molar-refractivity contribution is 0.450. The summed E-state index contributed by atoms with van der Waals surface area (Å²) in [4.78, 5) is 8.93. The van der Waals surface area contributed by atoms with Crippen LogP contribution in [-0.4, -0.2) is 16.5 Å². The Balaban J connectivity index is 2.36. The maximum absolute atomic E-state index is 13.2. The van der Waals surface area contributed by atoms with Gasteiger partial charge in [-0.05, 0) is 32.4 Å². The standard InChI is InChI=1S/C16H20FN3O/c1-4-7-14-19-15(18-5-2)11(3)16(20-14)21-13-9-6-8-12(17)10-13/h6,8-10H,4-5,7H2,1-3H3,(H,18,19,20). The van der Waals surface area contributed by atoms with E-state index >= 15 is 0 Å². The van der Waals surface area contributed by atoms with Crippen molar-refractivity contribution in [2.75, 3.05) is 11.9 Å². The molecule has 0 spiro atoms. The lowest BCUT2D eigenvalue weighted by Gasteiger charge is -2.13. The average Bonchev–Trinajstić information content (AvgIpc) is 2.44. The van der Waals surface area contributed by atoms with Crippen LogP contribution in [-0.2, 0) is 6.42 Å². The molecule has 0 fully saturated rings. The summed E-state index contributed by atoms with van der Waals surface area (Å²) in [7, 11) is 0. The van der Waals surface area contributed by atoms with E-state index in [-0.39, 0.29) is 5.82 Å². The third-order valence-electron chi connectivity index (χ3n) is 2.98. The molecule has 0 aliphatic heterocycles. The van der Waals surface area contributed by atoms with Gasteiger partial charge in [0.15, 0.2) is 0 Å². The fourth-order valence-corrected chi connectivity index (χ4v) is 1.96. The molecule has 1 aromatic heterocycles. The highest BCUT2D eigenvalue weighted by Gasteiger charge is 2.12. The van der Waals surface area contributed by atoms with Gasteiger partial charge in [0.25, 0.3) is 0 Å². The molecular formula is C16H20FN3O. The number of hydrogen-bond donors (Lipinski definition) is 1. The van der Waals surface area contributed by atoms with Crippen molar-refractivity contribution in [3.05, 3.63) is 41.5 Å². The summed E-state index contributed by atoms with van der Waals surface area (Å²) in [5.41, 5.74) is 0.820. The first-order valence-corrected chi connectivity index (χ1v) is 7.18. The monoisotopic (exact) mass is 289 g/mol. The van der Waals surface area contributed by atoms with E-state index in [1.54, 1.807) is 12.1 Å². The number of benzene rings is 1. The van der Waals surface area contributed by atoms with Crippen LogP contribution in [0.4, 0.5) is 10.2 Å². The Morgan fingerprint density at radius 2 is 2.05 bits per heavy atom. The number of nitrogens with zero attached hydrogens (tertiary/aromatic N) is 2. The SMILES string of the molecule is CCCc1nc(NCC)c(C)c(Oc2cccc(F)c2)n1. The van der Waals surface area contributed by atoms with Crippen LogP contribution < -0.4 is 10.1 Å². The van der Waals surface area contributed by atoms with Crippen LogP contribution in [0.2, 0.25) is 0 Å². The predicted molar refractivity (Wildman–Crippen MR) is 81.4 cm³/mol. The van der Waals surface area contributed by atoms with Crippen molar-refractivity contribution in [3.63, 3.8) is 0 Å². The highest BCUT2D eigenvalue weighted by Crippen LogP contribution is 2.27. The van der Waals surface area contributed by atoms with Crippen LogP contribution >= 0.6 is 0 Å². The first kappa shape index (κ1) is 15.2. The number of aryl methyl sites for hydroxylation is 1. The number of anilines is 1. The minimum atomic E-state index is -0.333. The van der Waals surface area contributed by atoms with Gasteiger partial charge in [-0.2, -0.15) is 4.98 Å². The molecule has 0 saturated heterocycles. The Bertz CT molecular complexity index is 616. The molecule has 0 unspecified atom stereocenters. The molecule has 1 heterocycles. The van der Waals surface area contributed by atoms with Crippen LogP contribution in [0.5, 0.6) is 11.6 Å². The summed E-state index contributed by atoms with van der Waals surface area (Å²) in [5.74, 6) is 2.06. The van der Waals surface area contributed by atoms with E-state index in [0.29, 0.717) is 11.6 Å². The van der Waals surface area contributed by atoms with Gasteiger partial charge in [0.2, 0.25) is 5.88 Å². The Morgan fingerprint density at radius 3 is 2.71 bits per heavy atom. The Labute approximate surface area is 124 Å². The molecule has 2 aromatic rings. The number of nitrogens with one attached hydrogen (secondary N) is 1. The van der Waals surface area contributed by atoms with Gasteiger partial charge < -0.3 is 10.1 Å². The maximum atomic E-state index is 13.2. The molecule has 0 amide bonds. The van der Waals surface area contributed by atoms with E-state index in [9.17, 15) is 4.39 Å². The van der Waals surface area contributed by atoms with Crippen LogP contribution in [0, 0.1) is 12.7 Å². The van der Waals surface area contributed by atoms with Gasteiger partial charge in [-0.1, -0.05) is 13.0 Å². The Hall–Kier alpha value is -2.17. The molecule has 21 heavy (non-hydrogen) atoms. The summed E-state index contributed by atoms with van der Waals surface area (Å²) < 4.78 is 19.0. The van der Waals surface area contributed by atoms with E-state index in [2.05, 4.69) is 22.2 Å². The smallest absolute Gasteiger partial charge is 0.227 e. The largest absolute Gasteiger partial charge is 0.438 e. The highest BCUT2D eigenvalue weighted by molar-refractivity contribution is 5.49. The molecule has 0 aliphatic rings. The van der Waals surface area contributed by atoms with E-state index in [1.165, 1.54) is 12.1 Å². The van der Waals surface area contributed by atoms with Crippen LogP contribution in [0.25, 0.3) is 0 Å². The molecule has 2 rings (SSSR count). The molecule has 0 radical (unpaired) electrons. The van der Waals surface area contributed by atoms with Crippen molar-refractivity contribution in [1.29, 1.82) is 0 Å². The van der Waals surface area contributed by atoms with Crippen LogP contribution in [0.1, 0.15) is 31.7 Å². The van der Waals surface area contributed by atoms with Crippen LogP contribution in [0.15, 0.2) is 24.3 Å². The number of ether oxygens (including phenoxy) is 1. The van der Waals surface area contributed by atoms with Gasteiger partial charge in [-0.3, -0.25) is 0 Å². The minimum absolute atomic E-state index is 0.333. The molecule has 112 valence electrons. The van der Waals surface area contributed by atoms with Crippen molar-refractivity contribution in [1.82, 2.24) is 9.97 Å². The topological polar surface area (TPSA) is 47.0 Å². The number of hydrogen-bond acceptors (Lipinski definition) is 4. The Morgan fingerprint density at radius 1 is 1.24 bits per heavy atom. The second-order valence-electron chi connectivity index (χ2n) is 4.76. The third-order valence-corrected chi connectivity index (χ3v) is 2.98. The van der Waals surface area contributed by atoms with Gasteiger partial charge >= 0.3 is 0 Å². The molecule has 5 heteroatoms. The lowest BCUT2D eigenvalue weighted by atomic mass is 10.2. The van der Waals surface area contributed by atoms with Gasteiger partial charge in [-0.25, -0.2) is 9.37 Å². The first-order valence-electron chi connectivity index (χ1n) is 7.18. The fraction of sp³-hybridized carbons (Fsp3) is 0.375. The molecule has 1 N–H and O–H groups in total. The normalized spacial score (nSPS) is 10.5. The molecule has 0 aliphatic carbocycles. The molecule has 0 bridgehead atoms. The zero-order valence-corrected chi connectivity index (χ0v) is 12.6. The predicted octanol–water partition coefficient (Wildman–Crippen LogP) is 4.10. The average molecular weight is 289 g/mol. The van der Waals surface area contributed by atoms with Gasteiger partial charge in [0.05, 0.1) is 5.56 Å². The van der Waals surface area contributed by atoms with E-state index in [0.717, 1.165) is 36.6 Å². The number of rotatable bonds is 6. The minimum Gasteiger partial charge on any atom is -0.438 e. The summed E-state index contributed by atoms with van der Waals surface area (Å²) in [6, 6.07) is 6.04. The van der Waals surface area contributed by atoms with Gasteiger partial charge in [0.1, 0.15) is 23.2 Å². The zero-order chi connectivity index (χ0) is 15.2. The van der Waals surface area contributed by atoms with Gasteiger partial charge in [-0.15, -0.1) is 0 Å². The van der Waals surface area contributed by atoms with Gasteiger partial charge in [0, 0.05) is 19.0 Å². The molecule has 0 atom stereocenters. The molecular weight excluding hydrogens is 269 g/mol. The summed E-state index contributed by atoms with van der Waals surface area (Å²) in [5, 5.41) is 3.21. The fourth-order valence-electron chi connectivity index (χ4n) is 1.96. The first-order chi connectivity index (χ1) is 10.1. The molecule has 4 nitrogen and oxygen atoms in total. The molecule has 1 aromatic carbocycles. The maximum Gasteiger partial charge on any atom is 0.227 e. The van der Waals surface area contributed by atoms with Crippen molar-refractivity contribution in [2.45, 2.75) is 33.6 Å². The van der Waals surface area contributed by atoms with Crippen molar-refractivity contribution >= 4 is 5.82 Å². The highest BCUT2D eigenvalue weighted by atomic mass is 19.1. The Kier molecular flexibility index (Phi) is 5.09. The van der Waals surface area contributed by atoms with E-state index in [1.807, 2.05) is 13.8 Å². The van der Waals surface area contributed by atoms with Crippen molar-refractivity contribution in [2.24, 2.45) is 0 Å². The summed E-state index contributed by atoms with van der Waals surface area (Å²) in [6.45, 7) is 6.74. The second-order valence-corrected chi connectivity index (χ2v) is 4.76. The van der Waals surface area contributed by atoms with E-state index < -0.39 is 0 Å². The molecule has 0 saturated carbocycles. The second kappa shape index (κ2) is 7.02.